The zero-order valence-corrected chi connectivity index (χ0v) is 20.5. The molecule has 3 aromatic rings. The molecule has 3 saturated heterocycles. The fourth-order valence-corrected chi connectivity index (χ4v) is 5.35. The van der Waals surface area contributed by atoms with Gasteiger partial charge in [-0.25, -0.2) is 4.98 Å². The van der Waals surface area contributed by atoms with Gasteiger partial charge in [-0.1, -0.05) is 30.3 Å². The summed E-state index contributed by atoms with van der Waals surface area (Å²) in [4.78, 5) is 24.3. The van der Waals surface area contributed by atoms with Gasteiger partial charge in [0.05, 0.1) is 13.2 Å². The molecule has 36 heavy (non-hydrogen) atoms. The van der Waals surface area contributed by atoms with Crippen LogP contribution in [0, 0.1) is 0 Å². The van der Waals surface area contributed by atoms with E-state index in [2.05, 4.69) is 34.1 Å². The molecule has 0 saturated carbocycles. The van der Waals surface area contributed by atoms with Crippen molar-refractivity contribution in [2.45, 2.75) is 18.6 Å². The Morgan fingerprint density at radius 3 is 2.33 bits per heavy atom. The Balaban J connectivity index is 1.09. The number of anilines is 2. The summed E-state index contributed by atoms with van der Waals surface area (Å²) in [6, 6.07) is 20.3. The number of piperidine rings is 1. The SMILES string of the molecule is O=C(COc1cccc2ccc(N3CCC4(CC3)OCCO4)nc12)N1CCN(c2ccccc2)CC1. The lowest BCUT2D eigenvalue weighted by atomic mass is 10.0. The summed E-state index contributed by atoms with van der Waals surface area (Å²) in [5.41, 5.74) is 1.98. The lowest BCUT2D eigenvalue weighted by Gasteiger charge is -2.38. The highest BCUT2D eigenvalue weighted by Crippen LogP contribution is 2.34. The highest BCUT2D eigenvalue weighted by molar-refractivity contribution is 5.86. The van der Waals surface area contributed by atoms with E-state index in [-0.39, 0.29) is 12.5 Å². The van der Waals surface area contributed by atoms with Crippen molar-refractivity contribution in [1.29, 1.82) is 0 Å². The van der Waals surface area contributed by atoms with Crippen molar-refractivity contribution in [2.24, 2.45) is 0 Å². The number of carbonyl (C=O) groups is 1. The minimum absolute atomic E-state index is 0.00811. The Bertz CT molecular complexity index is 1200. The number of piperazine rings is 1. The first-order valence-electron chi connectivity index (χ1n) is 12.8. The quantitative estimate of drug-likeness (QED) is 0.546. The fraction of sp³-hybridized carbons (Fsp3) is 0.429. The van der Waals surface area contributed by atoms with Gasteiger partial charge in [0.1, 0.15) is 17.1 Å². The van der Waals surface area contributed by atoms with Crippen molar-refractivity contribution in [3.63, 3.8) is 0 Å². The van der Waals surface area contributed by atoms with Crippen LogP contribution in [0.5, 0.6) is 5.75 Å². The van der Waals surface area contributed by atoms with E-state index >= 15 is 0 Å². The lowest BCUT2D eigenvalue weighted by molar-refractivity contribution is -0.169. The van der Waals surface area contributed by atoms with E-state index in [1.54, 1.807) is 0 Å². The number of para-hydroxylation sites is 2. The minimum atomic E-state index is -0.408. The number of fused-ring (bicyclic) bond motifs is 1. The molecular weight excluding hydrogens is 456 g/mol. The standard InChI is InChI=1S/C28H32N4O4/c33-26(32-17-15-30(16-18-32)23-6-2-1-3-7-23)21-34-24-8-4-5-22-9-10-25(29-27(22)24)31-13-11-28(12-14-31)35-19-20-36-28/h1-10H,11-21H2. The van der Waals surface area contributed by atoms with E-state index in [1.165, 1.54) is 5.69 Å². The molecule has 1 aromatic heterocycles. The van der Waals surface area contributed by atoms with Gasteiger partial charge in [0.15, 0.2) is 12.4 Å². The van der Waals surface area contributed by atoms with Crippen LogP contribution in [0.4, 0.5) is 11.5 Å². The number of hydrogen-bond donors (Lipinski definition) is 0. The molecule has 3 aliphatic rings. The molecule has 0 radical (unpaired) electrons. The third-order valence-electron chi connectivity index (χ3n) is 7.44. The maximum absolute atomic E-state index is 12.9. The van der Waals surface area contributed by atoms with Crippen molar-refractivity contribution in [3.05, 3.63) is 60.7 Å². The molecule has 6 rings (SSSR count). The second-order valence-electron chi connectivity index (χ2n) is 9.58. The second-order valence-corrected chi connectivity index (χ2v) is 9.58. The second kappa shape index (κ2) is 9.95. The maximum atomic E-state index is 12.9. The van der Waals surface area contributed by atoms with Crippen molar-refractivity contribution in [2.75, 3.05) is 68.9 Å². The Morgan fingerprint density at radius 2 is 1.58 bits per heavy atom. The average Bonchev–Trinajstić information content (AvgIpc) is 3.40. The molecule has 1 amide bonds. The normalized spacial score (nSPS) is 19.7. The largest absolute Gasteiger partial charge is 0.481 e. The van der Waals surface area contributed by atoms with Gasteiger partial charge < -0.3 is 28.9 Å². The van der Waals surface area contributed by atoms with Crippen LogP contribution in [0.3, 0.4) is 0 Å². The Morgan fingerprint density at radius 1 is 0.833 bits per heavy atom. The molecule has 0 unspecified atom stereocenters. The molecule has 8 nitrogen and oxygen atoms in total. The van der Waals surface area contributed by atoms with Gasteiger partial charge in [-0.05, 0) is 30.3 Å². The first kappa shape index (κ1) is 23.1. The molecule has 1 spiro atoms. The number of nitrogens with zero attached hydrogens (tertiary/aromatic N) is 4. The molecule has 2 aromatic carbocycles. The van der Waals surface area contributed by atoms with E-state index < -0.39 is 5.79 Å². The predicted octanol–water partition coefficient (Wildman–Crippen LogP) is 3.31. The summed E-state index contributed by atoms with van der Waals surface area (Å²) >= 11 is 0. The van der Waals surface area contributed by atoms with Crippen molar-refractivity contribution >= 4 is 28.3 Å². The summed E-state index contributed by atoms with van der Waals surface area (Å²) in [7, 11) is 0. The number of carbonyl (C=O) groups excluding carboxylic acids is 1. The Hall–Kier alpha value is -3.36. The van der Waals surface area contributed by atoms with Crippen LogP contribution in [-0.4, -0.2) is 80.7 Å². The highest BCUT2D eigenvalue weighted by Gasteiger charge is 2.40. The number of hydrogen-bond acceptors (Lipinski definition) is 7. The fourth-order valence-electron chi connectivity index (χ4n) is 5.35. The van der Waals surface area contributed by atoms with Crippen LogP contribution in [0.15, 0.2) is 60.7 Å². The summed E-state index contributed by atoms with van der Waals surface area (Å²) in [6.45, 7) is 6.05. The molecule has 3 fully saturated rings. The van der Waals surface area contributed by atoms with Gasteiger partial charge in [0, 0.05) is 63.2 Å². The van der Waals surface area contributed by atoms with Gasteiger partial charge in [0.2, 0.25) is 0 Å². The smallest absolute Gasteiger partial charge is 0.260 e. The number of benzene rings is 2. The van der Waals surface area contributed by atoms with Crippen LogP contribution in [0.1, 0.15) is 12.8 Å². The zero-order chi connectivity index (χ0) is 24.4. The summed E-state index contributed by atoms with van der Waals surface area (Å²) in [5, 5.41) is 0.996. The van der Waals surface area contributed by atoms with Crippen molar-refractivity contribution < 1.29 is 19.0 Å². The molecule has 0 aliphatic carbocycles. The van der Waals surface area contributed by atoms with E-state index in [1.807, 2.05) is 41.3 Å². The average molecular weight is 489 g/mol. The topological polar surface area (TPSA) is 67.4 Å². The van der Waals surface area contributed by atoms with Crippen LogP contribution >= 0.6 is 0 Å². The molecule has 4 heterocycles. The number of amides is 1. The molecule has 0 N–H and O–H groups in total. The molecule has 0 atom stereocenters. The number of pyridine rings is 1. The Labute approximate surface area is 211 Å². The van der Waals surface area contributed by atoms with Crippen molar-refractivity contribution in [3.8, 4) is 5.75 Å². The van der Waals surface area contributed by atoms with Crippen LogP contribution in [-0.2, 0) is 14.3 Å². The number of ether oxygens (including phenoxy) is 3. The highest BCUT2D eigenvalue weighted by atomic mass is 16.7. The monoisotopic (exact) mass is 488 g/mol. The molecular formula is C28H32N4O4. The van der Waals surface area contributed by atoms with Crippen LogP contribution < -0.4 is 14.5 Å². The number of rotatable bonds is 5. The summed E-state index contributed by atoms with van der Waals surface area (Å²) in [6.07, 6.45) is 1.66. The molecule has 8 heteroatoms. The first-order chi connectivity index (χ1) is 17.7. The van der Waals surface area contributed by atoms with E-state index in [0.717, 1.165) is 55.7 Å². The van der Waals surface area contributed by atoms with Crippen molar-refractivity contribution in [1.82, 2.24) is 9.88 Å². The van der Waals surface area contributed by atoms with Crippen LogP contribution in [0.2, 0.25) is 0 Å². The van der Waals surface area contributed by atoms with Gasteiger partial charge in [-0.2, -0.15) is 0 Å². The third-order valence-corrected chi connectivity index (χ3v) is 7.44. The molecule has 188 valence electrons. The van der Waals surface area contributed by atoms with Gasteiger partial charge in [-0.15, -0.1) is 0 Å². The minimum Gasteiger partial charge on any atom is -0.481 e. The van der Waals surface area contributed by atoms with Gasteiger partial charge >= 0.3 is 0 Å². The van der Waals surface area contributed by atoms with Gasteiger partial charge in [0.25, 0.3) is 5.91 Å². The lowest BCUT2D eigenvalue weighted by Crippen LogP contribution is -2.50. The summed E-state index contributed by atoms with van der Waals surface area (Å²) in [5.74, 6) is 1.15. The predicted molar refractivity (Wildman–Crippen MR) is 139 cm³/mol. The first-order valence-corrected chi connectivity index (χ1v) is 12.8. The maximum Gasteiger partial charge on any atom is 0.260 e. The molecule has 3 aliphatic heterocycles. The van der Waals surface area contributed by atoms with Gasteiger partial charge in [-0.3, -0.25) is 4.79 Å². The molecule has 0 bridgehead atoms. The van der Waals surface area contributed by atoms with E-state index in [9.17, 15) is 4.79 Å². The third kappa shape index (κ3) is 4.70. The van der Waals surface area contributed by atoms with E-state index in [4.69, 9.17) is 19.2 Å². The zero-order valence-electron chi connectivity index (χ0n) is 20.5. The van der Waals surface area contributed by atoms with E-state index in [0.29, 0.717) is 32.1 Å². The summed E-state index contributed by atoms with van der Waals surface area (Å²) < 4.78 is 17.8. The number of aromatic nitrogens is 1. The Kier molecular flexibility index (Phi) is 6.37. The van der Waals surface area contributed by atoms with Crippen LogP contribution in [0.25, 0.3) is 10.9 Å².